The number of halogens is 2. The van der Waals surface area contributed by atoms with Gasteiger partial charge in [0.15, 0.2) is 18.1 Å². The Kier molecular flexibility index (Phi) is 10.00. The van der Waals surface area contributed by atoms with Crippen LogP contribution in [0.3, 0.4) is 0 Å². The standard InChI is InChI=1S/C29H25FIN3O6S/c1-3-39-23-12-18(11-22(31)27(23)40-16-26(36)32-20-9-7-17(2)8-10-20)13-24-28(37)34(29(38)41-24)15-25(35)33-21-6-4-5-19(30)14-21/h4-14H,3,15-16H2,1-2H3,(H,32,36)(H,33,35)/b24-13+. The molecular weight excluding hydrogens is 664 g/mol. The van der Waals surface area contributed by atoms with Gasteiger partial charge in [0.1, 0.15) is 12.4 Å². The molecule has 4 rings (SSSR count). The van der Waals surface area contributed by atoms with E-state index in [0.29, 0.717) is 44.7 Å². The molecular formula is C29H25FIN3O6S. The van der Waals surface area contributed by atoms with Crippen molar-refractivity contribution in [1.82, 2.24) is 4.90 Å². The highest BCUT2D eigenvalue weighted by molar-refractivity contribution is 14.1. The number of carbonyl (C=O) groups excluding carboxylic acids is 4. The number of imide groups is 1. The first-order chi connectivity index (χ1) is 19.6. The summed E-state index contributed by atoms with van der Waals surface area (Å²) >= 11 is 2.74. The fourth-order valence-corrected chi connectivity index (χ4v) is 5.36. The molecule has 3 aromatic rings. The van der Waals surface area contributed by atoms with Crippen molar-refractivity contribution in [2.45, 2.75) is 13.8 Å². The number of nitrogens with one attached hydrogen (secondary N) is 2. The summed E-state index contributed by atoms with van der Waals surface area (Å²) in [4.78, 5) is 51.2. The predicted molar refractivity (Wildman–Crippen MR) is 163 cm³/mol. The molecule has 1 saturated heterocycles. The lowest BCUT2D eigenvalue weighted by atomic mass is 10.2. The second-order valence-electron chi connectivity index (χ2n) is 8.79. The van der Waals surface area contributed by atoms with Crippen molar-refractivity contribution in [1.29, 1.82) is 0 Å². The Balaban J connectivity index is 1.44. The second kappa shape index (κ2) is 13.6. The topological polar surface area (TPSA) is 114 Å². The van der Waals surface area contributed by atoms with Crippen LogP contribution in [-0.2, 0) is 14.4 Å². The number of amides is 4. The molecule has 0 radical (unpaired) electrons. The fourth-order valence-electron chi connectivity index (χ4n) is 3.74. The van der Waals surface area contributed by atoms with Crippen LogP contribution in [0.25, 0.3) is 6.08 Å². The molecule has 4 amide bonds. The largest absolute Gasteiger partial charge is 0.490 e. The summed E-state index contributed by atoms with van der Waals surface area (Å²) in [7, 11) is 0. The van der Waals surface area contributed by atoms with Crippen LogP contribution >= 0.6 is 34.4 Å². The van der Waals surface area contributed by atoms with Crippen molar-refractivity contribution in [2.75, 3.05) is 30.4 Å². The molecule has 12 heteroatoms. The molecule has 0 saturated carbocycles. The number of nitrogens with zero attached hydrogens (tertiary/aromatic N) is 1. The maximum absolute atomic E-state index is 13.4. The first-order valence-corrected chi connectivity index (χ1v) is 14.3. The molecule has 0 aromatic heterocycles. The summed E-state index contributed by atoms with van der Waals surface area (Å²) in [5.41, 5.74) is 2.50. The minimum absolute atomic E-state index is 0.123. The normalized spacial score (nSPS) is 13.9. The summed E-state index contributed by atoms with van der Waals surface area (Å²) in [6.45, 7) is 3.31. The van der Waals surface area contributed by atoms with Gasteiger partial charge in [0.05, 0.1) is 15.1 Å². The van der Waals surface area contributed by atoms with Gasteiger partial charge in [-0.05, 0) is 102 Å². The Morgan fingerprint density at radius 2 is 1.73 bits per heavy atom. The molecule has 1 aliphatic heterocycles. The fraction of sp³-hybridized carbons (Fsp3) is 0.172. The van der Waals surface area contributed by atoms with E-state index in [0.717, 1.165) is 16.5 Å². The molecule has 1 aliphatic rings. The van der Waals surface area contributed by atoms with Crippen molar-refractivity contribution >= 4 is 74.8 Å². The summed E-state index contributed by atoms with van der Waals surface area (Å²) in [5, 5.41) is 4.64. The first kappa shape index (κ1) is 30.1. The third kappa shape index (κ3) is 8.07. The Morgan fingerprint density at radius 1 is 1.00 bits per heavy atom. The summed E-state index contributed by atoms with van der Waals surface area (Å²) in [6, 6.07) is 16.0. The van der Waals surface area contributed by atoms with E-state index in [1.807, 2.05) is 41.6 Å². The summed E-state index contributed by atoms with van der Waals surface area (Å²) in [5.74, 6) is -1.41. The quantitative estimate of drug-likeness (QED) is 0.204. The van der Waals surface area contributed by atoms with E-state index in [-0.39, 0.29) is 23.1 Å². The van der Waals surface area contributed by atoms with Crippen LogP contribution in [-0.4, -0.2) is 47.6 Å². The van der Waals surface area contributed by atoms with Gasteiger partial charge in [-0.1, -0.05) is 23.8 Å². The molecule has 0 spiro atoms. The Hall–Kier alpha value is -3.91. The maximum Gasteiger partial charge on any atom is 0.294 e. The molecule has 0 aliphatic carbocycles. The van der Waals surface area contributed by atoms with Gasteiger partial charge >= 0.3 is 0 Å². The Labute approximate surface area is 253 Å². The van der Waals surface area contributed by atoms with E-state index in [1.165, 1.54) is 24.3 Å². The van der Waals surface area contributed by atoms with Crippen molar-refractivity contribution in [3.05, 3.63) is 86.1 Å². The van der Waals surface area contributed by atoms with Crippen LogP contribution in [0, 0.1) is 16.3 Å². The van der Waals surface area contributed by atoms with Gasteiger partial charge < -0.3 is 20.1 Å². The molecule has 9 nitrogen and oxygen atoms in total. The van der Waals surface area contributed by atoms with Crippen molar-refractivity contribution in [3.8, 4) is 11.5 Å². The molecule has 3 aromatic carbocycles. The van der Waals surface area contributed by atoms with Crippen LogP contribution in [0.5, 0.6) is 11.5 Å². The number of anilines is 2. The van der Waals surface area contributed by atoms with Crippen LogP contribution in [0.4, 0.5) is 20.6 Å². The van der Waals surface area contributed by atoms with Gasteiger partial charge in [0, 0.05) is 11.4 Å². The zero-order valence-corrected chi connectivity index (χ0v) is 25.0. The zero-order chi connectivity index (χ0) is 29.5. The third-order valence-corrected chi connectivity index (χ3v) is 7.30. The Morgan fingerprint density at radius 3 is 2.44 bits per heavy atom. The van der Waals surface area contributed by atoms with Crippen LogP contribution in [0.2, 0.25) is 0 Å². The number of thioether (sulfide) groups is 1. The van der Waals surface area contributed by atoms with E-state index in [9.17, 15) is 23.6 Å². The number of benzene rings is 3. The number of aryl methyl sites for hydroxylation is 1. The van der Waals surface area contributed by atoms with Crippen molar-refractivity contribution < 1.29 is 33.0 Å². The lowest BCUT2D eigenvalue weighted by molar-refractivity contribution is -0.127. The first-order valence-electron chi connectivity index (χ1n) is 12.4. The van der Waals surface area contributed by atoms with Gasteiger partial charge in [0.2, 0.25) is 5.91 Å². The highest BCUT2D eigenvalue weighted by atomic mass is 127. The highest BCUT2D eigenvalue weighted by Crippen LogP contribution is 2.37. The van der Waals surface area contributed by atoms with Gasteiger partial charge in [-0.15, -0.1) is 0 Å². The molecule has 0 unspecified atom stereocenters. The SMILES string of the molecule is CCOc1cc(/C=C2/SC(=O)N(CC(=O)Nc3cccc(F)c3)C2=O)cc(I)c1OCC(=O)Nc1ccc(C)cc1. The van der Waals surface area contributed by atoms with Crippen LogP contribution < -0.4 is 20.1 Å². The number of ether oxygens (including phenoxy) is 2. The minimum Gasteiger partial charge on any atom is -0.490 e. The van der Waals surface area contributed by atoms with Crippen molar-refractivity contribution in [3.63, 3.8) is 0 Å². The van der Waals surface area contributed by atoms with E-state index in [1.54, 1.807) is 31.2 Å². The summed E-state index contributed by atoms with van der Waals surface area (Å²) < 4.78 is 25.5. The van der Waals surface area contributed by atoms with E-state index in [4.69, 9.17) is 9.47 Å². The molecule has 1 fully saturated rings. The summed E-state index contributed by atoms with van der Waals surface area (Å²) in [6.07, 6.45) is 1.52. The van der Waals surface area contributed by atoms with Gasteiger partial charge in [0.25, 0.3) is 17.1 Å². The molecule has 0 bridgehead atoms. The predicted octanol–water partition coefficient (Wildman–Crippen LogP) is 5.83. The number of hydrogen-bond acceptors (Lipinski definition) is 7. The molecule has 212 valence electrons. The van der Waals surface area contributed by atoms with Gasteiger partial charge in [-0.2, -0.15) is 0 Å². The maximum atomic E-state index is 13.4. The average Bonchev–Trinajstić information content (AvgIpc) is 3.17. The second-order valence-corrected chi connectivity index (χ2v) is 10.9. The smallest absolute Gasteiger partial charge is 0.294 e. The van der Waals surface area contributed by atoms with Gasteiger partial charge in [-0.25, -0.2) is 4.39 Å². The third-order valence-electron chi connectivity index (χ3n) is 5.60. The Bertz CT molecular complexity index is 1530. The molecule has 1 heterocycles. The van der Waals surface area contributed by atoms with E-state index < -0.39 is 29.4 Å². The van der Waals surface area contributed by atoms with E-state index >= 15 is 0 Å². The molecule has 2 N–H and O–H groups in total. The van der Waals surface area contributed by atoms with Gasteiger partial charge in [-0.3, -0.25) is 24.1 Å². The molecule has 41 heavy (non-hydrogen) atoms. The lowest BCUT2D eigenvalue weighted by Crippen LogP contribution is -2.36. The molecule has 0 atom stereocenters. The minimum atomic E-state index is -0.639. The monoisotopic (exact) mass is 689 g/mol. The van der Waals surface area contributed by atoms with Crippen LogP contribution in [0.15, 0.2) is 65.6 Å². The number of carbonyl (C=O) groups is 4. The number of hydrogen-bond donors (Lipinski definition) is 2. The van der Waals surface area contributed by atoms with Crippen molar-refractivity contribution in [2.24, 2.45) is 0 Å². The lowest BCUT2D eigenvalue weighted by Gasteiger charge is -2.15. The number of rotatable bonds is 10. The zero-order valence-electron chi connectivity index (χ0n) is 22.0. The van der Waals surface area contributed by atoms with E-state index in [2.05, 4.69) is 10.6 Å². The highest BCUT2D eigenvalue weighted by Gasteiger charge is 2.36. The average molecular weight is 690 g/mol. The van der Waals surface area contributed by atoms with Crippen LogP contribution in [0.1, 0.15) is 18.1 Å².